The molecule has 1 fully saturated rings. The summed E-state index contributed by atoms with van der Waals surface area (Å²) in [5.41, 5.74) is 2.56. The number of hydrogen-bond acceptors (Lipinski definition) is 2. The molecule has 1 saturated heterocycles. The first-order chi connectivity index (χ1) is 8.74. The van der Waals surface area contributed by atoms with Crippen molar-refractivity contribution in [3.05, 3.63) is 35.4 Å². The van der Waals surface area contributed by atoms with Gasteiger partial charge in [-0.15, -0.1) is 12.4 Å². The van der Waals surface area contributed by atoms with Crippen LogP contribution in [0.3, 0.4) is 0 Å². The summed E-state index contributed by atoms with van der Waals surface area (Å²) < 4.78 is 0. The second-order valence-electron chi connectivity index (χ2n) is 5.09. The third-order valence-electron chi connectivity index (χ3n) is 3.41. The van der Waals surface area contributed by atoms with Gasteiger partial charge >= 0.3 is 0 Å². The van der Waals surface area contributed by atoms with Crippen molar-refractivity contribution in [3.63, 3.8) is 0 Å². The van der Waals surface area contributed by atoms with Crippen LogP contribution in [0.25, 0.3) is 0 Å². The Morgan fingerprint density at radius 2 is 2.32 bits per heavy atom. The third kappa shape index (κ3) is 5.62. The predicted molar refractivity (Wildman–Crippen MR) is 80.8 cm³/mol. The molecule has 1 atom stereocenters. The number of carbonyl (C=O) groups excluding carboxylic acids is 1. The molecule has 1 aromatic rings. The van der Waals surface area contributed by atoms with Gasteiger partial charge in [0.2, 0.25) is 5.91 Å². The topological polar surface area (TPSA) is 41.1 Å². The summed E-state index contributed by atoms with van der Waals surface area (Å²) in [6.45, 7) is 3.88. The standard InChI is InChI=1S/C15H22N2O.ClH/c1-12-4-2-5-13(10-12)7-9-17-15(18)11-14-6-3-8-16-14;/h2,4-5,10,14,16H,3,6-9,11H2,1H3,(H,17,18);1H. The first-order valence-electron chi connectivity index (χ1n) is 6.79. The van der Waals surface area contributed by atoms with E-state index in [9.17, 15) is 4.79 Å². The monoisotopic (exact) mass is 282 g/mol. The molecule has 1 heterocycles. The Morgan fingerprint density at radius 3 is 3.00 bits per heavy atom. The van der Waals surface area contributed by atoms with Crippen LogP contribution >= 0.6 is 12.4 Å². The minimum Gasteiger partial charge on any atom is -0.356 e. The van der Waals surface area contributed by atoms with Crippen molar-refractivity contribution in [3.8, 4) is 0 Å². The van der Waals surface area contributed by atoms with E-state index in [4.69, 9.17) is 0 Å². The maximum atomic E-state index is 11.7. The summed E-state index contributed by atoms with van der Waals surface area (Å²) >= 11 is 0. The van der Waals surface area contributed by atoms with E-state index < -0.39 is 0 Å². The Bertz CT molecular complexity index is 403. The zero-order chi connectivity index (χ0) is 12.8. The first-order valence-corrected chi connectivity index (χ1v) is 6.79. The molecular formula is C15H23ClN2O. The van der Waals surface area contributed by atoms with E-state index >= 15 is 0 Å². The summed E-state index contributed by atoms with van der Waals surface area (Å²) in [6.07, 6.45) is 3.85. The number of benzene rings is 1. The molecule has 1 aliphatic heterocycles. The van der Waals surface area contributed by atoms with Crippen LogP contribution in [0.1, 0.15) is 30.4 Å². The Kier molecular flexibility index (Phi) is 6.89. The molecule has 1 unspecified atom stereocenters. The lowest BCUT2D eigenvalue weighted by Crippen LogP contribution is -2.32. The molecular weight excluding hydrogens is 260 g/mol. The highest BCUT2D eigenvalue weighted by Gasteiger charge is 2.16. The maximum Gasteiger partial charge on any atom is 0.221 e. The quantitative estimate of drug-likeness (QED) is 0.869. The number of hydrogen-bond donors (Lipinski definition) is 2. The zero-order valence-corrected chi connectivity index (χ0v) is 12.3. The van der Waals surface area contributed by atoms with Crippen LogP contribution in [0.15, 0.2) is 24.3 Å². The van der Waals surface area contributed by atoms with E-state index in [1.54, 1.807) is 0 Å². The lowest BCUT2D eigenvalue weighted by Gasteiger charge is -2.10. The normalized spacial score (nSPS) is 17.8. The van der Waals surface area contributed by atoms with Crippen molar-refractivity contribution in [2.45, 2.75) is 38.6 Å². The number of carbonyl (C=O) groups is 1. The molecule has 0 radical (unpaired) electrons. The predicted octanol–water partition coefficient (Wildman–Crippen LogP) is 2.22. The van der Waals surface area contributed by atoms with Gasteiger partial charge in [0.25, 0.3) is 0 Å². The summed E-state index contributed by atoms with van der Waals surface area (Å²) in [5, 5.41) is 6.34. The molecule has 19 heavy (non-hydrogen) atoms. The van der Waals surface area contributed by atoms with Gasteiger partial charge in [0.1, 0.15) is 0 Å². The first kappa shape index (κ1) is 16.0. The fraction of sp³-hybridized carbons (Fsp3) is 0.533. The molecule has 0 spiro atoms. The van der Waals surface area contributed by atoms with E-state index in [-0.39, 0.29) is 18.3 Å². The van der Waals surface area contributed by atoms with Crippen molar-refractivity contribution in [1.82, 2.24) is 10.6 Å². The second-order valence-corrected chi connectivity index (χ2v) is 5.09. The summed E-state index contributed by atoms with van der Waals surface area (Å²) in [5.74, 6) is 0.169. The van der Waals surface area contributed by atoms with E-state index in [2.05, 4.69) is 41.8 Å². The summed E-state index contributed by atoms with van der Waals surface area (Å²) in [4.78, 5) is 11.7. The van der Waals surface area contributed by atoms with Crippen LogP contribution in [0.4, 0.5) is 0 Å². The van der Waals surface area contributed by atoms with Crippen molar-refractivity contribution < 1.29 is 4.79 Å². The van der Waals surface area contributed by atoms with Gasteiger partial charge < -0.3 is 10.6 Å². The molecule has 106 valence electrons. The Labute approximate surface area is 121 Å². The number of amides is 1. The molecule has 0 aromatic heterocycles. The van der Waals surface area contributed by atoms with Gasteiger partial charge in [-0.1, -0.05) is 29.8 Å². The highest BCUT2D eigenvalue weighted by molar-refractivity contribution is 5.85. The minimum atomic E-state index is 0. The van der Waals surface area contributed by atoms with Gasteiger partial charge in [0, 0.05) is 19.0 Å². The Hall–Kier alpha value is -1.06. The molecule has 1 aliphatic rings. The molecule has 2 rings (SSSR count). The average Bonchev–Trinajstić information content (AvgIpc) is 2.82. The van der Waals surface area contributed by atoms with Gasteiger partial charge in [0.05, 0.1) is 0 Å². The Morgan fingerprint density at radius 1 is 1.47 bits per heavy atom. The fourth-order valence-electron chi connectivity index (χ4n) is 2.44. The van der Waals surface area contributed by atoms with E-state index in [0.29, 0.717) is 12.5 Å². The zero-order valence-electron chi connectivity index (χ0n) is 11.4. The van der Waals surface area contributed by atoms with Crippen molar-refractivity contribution in [1.29, 1.82) is 0 Å². The van der Waals surface area contributed by atoms with Gasteiger partial charge in [0.15, 0.2) is 0 Å². The molecule has 4 heteroatoms. The van der Waals surface area contributed by atoms with Gasteiger partial charge in [-0.05, 0) is 38.3 Å². The molecule has 0 saturated carbocycles. The highest BCUT2D eigenvalue weighted by atomic mass is 35.5. The minimum absolute atomic E-state index is 0. The second kappa shape index (κ2) is 8.18. The number of halogens is 1. The molecule has 1 amide bonds. The van der Waals surface area contributed by atoms with Crippen LogP contribution in [0, 0.1) is 6.92 Å². The number of nitrogens with one attached hydrogen (secondary N) is 2. The van der Waals surface area contributed by atoms with Crippen LogP contribution in [0.2, 0.25) is 0 Å². The van der Waals surface area contributed by atoms with Crippen molar-refractivity contribution in [2.75, 3.05) is 13.1 Å². The van der Waals surface area contributed by atoms with Crippen LogP contribution in [-0.2, 0) is 11.2 Å². The average molecular weight is 283 g/mol. The van der Waals surface area contributed by atoms with Crippen molar-refractivity contribution >= 4 is 18.3 Å². The smallest absolute Gasteiger partial charge is 0.221 e. The lowest BCUT2D eigenvalue weighted by atomic mass is 10.1. The Balaban J connectivity index is 0.00000180. The largest absolute Gasteiger partial charge is 0.356 e. The molecule has 2 N–H and O–H groups in total. The van der Waals surface area contributed by atoms with E-state index in [1.807, 2.05) is 0 Å². The van der Waals surface area contributed by atoms with E-state index in [1.165, 1.54) is 17.5 Å². The van der Waals surface area contributed by atoms with Gasteiger partial charge in [-0.2, -0.15) is 0 Å². The van der Waals surface area contributed by atoms with Gasteiger partial charge in [-0.25, -0.2) is 0 Å². The molecule has 0 bridgehead atoms. The molecule has 1 aromatic carbocycles. The summed E-state index contributed by atoms with van der Waals surface area (Å²) in [7, 11) is 0. The molecule has 3 nitrogen and oxygen atoms in total. The highest BCUT2D eigenvalue weighted by Crippen LogP contribution is 2.08. The van der Waals surface area contributed by atoms with Gasteiger partial charge in [-0.3, -0.25) is 4.79 Å². The fourth-order valence-corrected chi connectivity index (χ4v) is 2.44. The number of aryl methyl sites for hydroxylation is 1. The maximum absolute atomic E-state index is 11.7. The summed E-state index contributed by atoms with van der Waals surface area (Å²) in [6, 6.07) is 8.83. The SMILES string of the molecule is Cc1cccc(CCNC(=O)CC2CCCN2)c1.Cl. The van der Waals surface area contributed by atoms with Crippen molar-refractivity contribution in [2.24, 2.45) is 0 Å². The van der Waals surface area contributed by atoms with E-state index in [0.717, 1.165) is 25.9 Å². The third-order valence-corrected chi connectivity index (χ3v) is 3.41. The number of rotatable bonds is 5. The van der Waals surface area contributed by atoms with Crippen LogP contribution < -0.4 is 10.6 Å². The van der Waals surface area contributed by atoms with Crippen LogP contribution in [-0.4, -0.2) is 25.0 Å². The van der Waals surface area contributed by atoms with Crippen LogP contribution in [0.5, 0.6) is 0 Å². The lowest BCUT2D eigenvalue weighted by molar-refractivity contribution is -0.121. The molecule has 0 aliphatic carbocycles.